The number of hydrogen-bond acceptors (Lipinski definition) is 4. The second-order valence-electron chi connectivity index (χ2n) is 5.91. The summed E-state index contributed by atoms with van der Waals surface area (Å²) in [5, 5.41) is 3.35. The standard InChI is InChI=1S/C19H23ClN2O3S2/c1-3-18(19(23)21-13-14-26-17-7-5-4-6-8-17)22(27(2,24)25)16-11-9-15(20)10-12-16/h4-12,18H,3,13-14H2,1-2H3,(H,21,23)/t18-/m0/s1. The summed E-state index contributed by atoms with van der Waals surface area (Å²) in [7, 11) is -3.64. The van der Waals surface area contributed by atoms with Crippen molar-refractivity contribution >= 4 is 45.0 Å². The quantitative estimate of drug-likeness (QED) is 0.489. The monoisotopic (exact) mass is 426 g/mol. The van der Waals surface area contributed by atoms with Crippen LogP contribution in [0.3, 0.4) is 0 Å². The fraction of sp³-hybridized carbons (Fsp3) is 0.316. The maximum absolute atomic E-state index is 12.7. The van der Waals surface area contributed by atoms with Gasteiger partial charge >= 0.3 is 0 Å². The molecule has 27 heavy (non-hydrogen) atoms. The van der Waals surface area contributed by atoms with Gasteiger partial charge in [-0.1, -0.05) is 36.7 Å². The zero-order valence-corrected chi connectivity index (χ0v) is 17.7. The van der Waals surface area contributed by atoms with Gasteiger partial charge in [-0.3, -0.25) is 9.10 Å². The zero-order valence-electron chi connectivity index (χ0n) is 15.3. The molecule has 0 aliphatic rings. The minimum atomic E-state index is -3.64. The molecule has 5 nitrogen and oxygen atoms in total. The number of benzene rings is 2. The summed E-state index contributed by atoms with van der Waals surface area (Å²) in [6.45, 7) is 2.24. The van der Waals surface area contributed by atoms with Crippen LogP contribution in [-0.2, 0) is 14.8 Å². The maximum Gasteiger partial charge on any atom is 0.243 e. The van der Waals surface area contributed by atoms with Crippen LogP contribution >= 0.6 is 23.4 Å². The maximum atomic E-state index is 12.7. The summed E-state index contributed by atoms with van der Waals surface area (Å²) < 4.78 is 25.8. The molecule has 1 N–H and O–H groups in total. The highest BCUT2D eigenvalue weighted by Crippen LogP contribution is 2.24. The normalized spacial score (nSPS) is 12.4. The van der Waals surface area contributed by atoms with Gasteiger partial charge in [0, 0.05) is 22.2 Å². The van der Waals surface area contributed by atoms with E-state index in [0.717, 1.165) is 15.5 Å². The van der Waals surface area contributed by atoms with E-state index in [9.17, 15) is 13.2 Å². The number of nitrogens with zero attached hydrogens (tertiary/aromatic N) is 1. The molecule has 1 atom stereocenters. The number of halogens is 1. The Balaban J connectivity index is 2.04. The van der Waals surface area contributed by atoms with Gasteiger partial charge in [-0.25, -0.2) is 8.42 Å². The Bertz CT molecular complexity index is 843. The van der Waals surface area contributed by atoms with E-state index < -0.39 is 16.1 Å². The number of carbonyl (C=O) groups excluding carboxylic acids is 1. The first-order valence-corrected chi connectivity index (χ1v) is 11.7. The smallest absolute Gasteiger partial charge is 0.243 e. The molecule has 0 bridgehead atoms. The highest BCUT2D eigenvalue weighted by molar-refractivity contribution is 7.99. The molecule has 2 aromatic rings. The van der Waals surface area contributed by atoms with Crippen LogP contribution in [0, 0.1) is 0 Å². The molecule has 1 amide bonds. The third kappa shape index (κ3) is 6.45. The zero-order chi connectivity index (χ0) is 19.9. The lowest BCUT2D eigenvalue weighted by atomic mass is 10.2. The molecule has 0 radical (unpaired) electrons. The second kappa shape index (κ2) is 10.0. The number of carbonyl (C=O) groups is 1. The van der Waals surface area contributed by atoms with Gasteiger partial charge in [-0.15, -0.1) is 11.8 Å². The molecule has 0 aliphatic heterocycles. The number of anilines is 1. The van der Waals surface area contributed by atoms with E-state index in [1.54, 1.807) is 43.0 Å². The van der Waals surface area contributed by atoms with Crippen molar-refractivity contribution in [2.24, 2.45) is 0 Å². The molecule has 2 aromatic carbocycles. The van der Waals surface area contributed by atoms with Crippen LogP contribution in [0.15, 0.2) is 59.5 Å². The van der Waals surface area contributed by atoms with Crippen molar-refractivity contribution in [1.29, 1.82) is 0 Å². The molecular weight excluding hydrogens is 404 g/mol. The Kier molecular flexibility index (Phi) is 8.01. The van der Waals surface area contributed by atoms with Crippen LogP contribution in [-0.4, -0.2) is 38.9 Å². The van der Waals surface area contributed by atoms with Crippen LogP contribution in [0.5, 0.6) is 0 Å². The van der Waals surface area contributed by atoms with Crippen molar-refractivity contribution in [3.8, 4) is 0 Å². The Labute approximate surface area is 170 Å². The van der Waals surface area contributed by atoms with Crippen molar-refractivity contribution < 1.29 is 13.2 Å². The summed E-state index contributed by atoms with van der Waals surface area (Å²) >= 11 is 7.52. The lowest BCUT2D eigenvalue weighted by Gasteiger charge is -2.30. The predicted molar refractivity (Wildman–Crippen MR) is 113 cm³/mol. The highest BCUT2D eigenvalue weighted by Gasteiger charge is 2.31. The van der Waals surface area contributed by atoms with Crippen molar-refractivity contribution in [3.63, 3.8) is 0 Å². The SMILES string of the molecule is CC[C@@H](C(=O)NCCSc1ccccc1)N(c1ccc(Cl)cc1)S(C)(=O)=O. The number of thioether (sulfide) groups is 1. The minimum Gasteiger partial charge on any atom is -0.353 e. The minimum absolute atomic E-state index is 0.313. The van der Waals surface area contributed by atoms with Gasteiger partial charge in [-0.2, -0.15) is 0 Å². The largest absolute Gasteiger partial charge is 0.353 e. The van der Waals surface area contributed by atoms with E-state index in [1.807, 2.05) is 30.3 Å². The second-order valence-corrected chi connectivity index (χ2v) is 9.38. The summed E-state index contributed by atoms with van der Waals surface area (Å²) in [6, 6.07) is 15.5. The van der Waals surface area contributed by atoms with Gasteiger partial charge in [0.05, 0.1) is 11.9 Å². The molecule has 0 aromatic heterocycles. The van der Waals surface area contributed by atoms with Crippen LogP contribution in [0.25, 0.3) is 0 Å². The molecule has 2 rings (SSSR count). The fourth-order valence-electron chi connectivity index (χ4n) is 2.63. The summed E-state index contributed by atoms with van der Waals surface area (Å²) in [4.78, 5) is 13.8. The van der Waals surface area contributed by atoms with E-state index in [0.29, 0.717) is 29.4 Å². The Morgan fingerprint density at radius 3 is 2.33 bits per heavy atom. The highest BCUT2D eigenvalue weighted by atomic mass is 35.5. The summed E-state index contributed by atoms with van der Waals surface area (Å²) in [5.41, 5.74) is 0.419. The number of hydrogen-bond donors (Lipinski definition) is 1. The molecule has 0 aliphatic carbocycles. The lowest BCUT2D eigenvalue weighted by molar-refractivity contribution is -0.122. The first-order valence-electron chi connectivity index (χ1n) is 8.53. The van der Waals surface area contributed by atoms with E-state index in [4.69, 9.17) is 11.6 Å². The third-order valence-electron chi connectivity index (χ3n) is 3.82. The van der Waals surface area contributed by atoms with E-state index in [1.165, 1.54) is 0 Å². The van der Waals surface area contributed by atoms with Crippen molar-refractivity contribution in [1.82, 2.24) is 5.32 Å². The molecule has 0 heterocycles. The van der Waals surface area contributed by atoms with Crippen molar-refractivity contribution in [2.75, 3.05) is 22.9 Å². The van der Waals surface area contributed by atoms with Crippen LogP contribution in [0.1, 0.15) is 13.3 Å². The fourth-order valence-corrected chi connectivity index (χ4v) is 4.75. The van der Waals surface area contributed by atoms with Gasteiger partial charge in [0.2, 0.25) is 15.9 Å². The van der Waals surface area contributed by atoms with Crippen molar-refractivity contribution in [2.45, 2.75) is 24.3 Å². The van der Waals surface area contributed by atoms with Crippen molar-refractivity contribution in [3.05, 3.63) is 59.6 Å². The Hall–Kier alpha value is -1.70. The van der Waals surface area contributed by atoms with Crippen LogP contribution in [0.4, 0.5) is 5.69 Å². The van der Waals surface area contributed by atoms with E-state index in [-0.39, 0.29) is 5.91 Å². The first kappa shape index (κ1) is 21.6. The number of rotatable bonds is 9. The molecule has 0 spiro atoms. The van der Waals surface area contributed by atoms with E-state index >= 15 is 0 Å². The summed E-state index contributed by atoms with van der Waals surface area (Å²) in [6.07, 6.45) is 1.45. The third-order valence-corrected chi connectivity index (χ3v) is 6.27. The Morgan fingerprint density at radius 2 is 1.78 bits per heavy atom. The number of nitrogens with one attached hydrogen (secondary N) is 1. The van der Waals surface area contributed by atoms with Crippen LogP contribution < -0.4 is 9.62 Å². The van der Waals surface area contributed by atoms with Gasteiger partial charge in [0.1, 0.15) is 6.04 Å². The molecule has 0 saturated heterocycles. The average molecular weight is 427 g/mol. The molecule has 0 saturated carbocycles. The van der Waals surface area contributed by atoms with E-state index in [2.05, 4.69) is 5.32 Å². The average Bonchev–Trinajstić information content (AvgIpc) is 2.64. The lowest BCUT2D eigenvalue weighted by Crippen LogP contribution is -2.49. The van der Waals surface area contributed by atoms with Crippen LogP contribution in [0.2, 0.25) is 5.02 Å². The van der Waals surface area contributed by atoms with Gasteiger partial charge in [0.25, 0.3) is 0 Å². The molecule has 8 heteroatoms. The molecule has 0 fully saturated rings. The number of amides is 1. The molecule has 146 valence electrons. The topological polar surface area (TPSA) is 66.5 Å². The number of sulfonamides is 1. The predicted octanol–water partition coefficient (Wildman–Crippen LogP) is 3.79. The van der Waals surface area contributed by atoms with Gasteiger partial charge in [-0.05, 0) is 42.8 Å². The van der Waals surface area contributed by atoms with Gasteiger partial charge in [0.15, 0.2) is 0 Å². The molecule has 0 unspecified atom stereocenters. The first-order chi connectivity index (χ1) is 12.8. The molecular formula is C19H23ClN2O3S2. The summed E-state index contributed by atoms with van der Waals surface area (Å²) in [5.74, 6) is 0.387. The Morgan fingerprint density at radius 1 is 1.15 bits per heavy atom. The van der Waals surface area contributed by atoms with Gasteiger partial charge < -0.3 is 5.32 Å².